The number of aromatic amines is 1. The van der Waals surface area contributed by atoms with E-state index in [0.717, 1.165) is 11.0 Å². The lowest BCUT2D eigenvalue weighted by Gasteiger charge is -1.91. The van der Waals surface area contributed by atoms with Crippen molar-refractivity contribution in [1.82, 2.24) is 9.97 Å². The van der Waals surface area contributed by atoms with Crippen LogP contribution in [0.15, 0.2) is 18.5 Å². The molecule has 0 fully saturated rings. The van der Waals surface area contributed by atoms with Crippen molar-refractivity contribution in [2.75, 3.05) is 0 Å². The predicted octanol–water partition coefficient (Wildman–Crippen LogP) is 2.43. The molecule has 11 heavy (non-hydrogen) atoms. The lowest BCUT2D eigenvalue weighted by Crippen LogP contribution is -1.78. The number of pyridine rings is 1. The van der Waals surface area contributed by atoms with Crippen LogP contribution in [0.5, 0.6) is 0 Å². The fourth-order valence-electron chi connectivity index (χ4n) is 1.25. The lowest BCUT2D eigenvalue weighted by atomic mass is 10.2. The minimum atomic E-state index is 0. The Morgan fingerprint density at radius 3 is 3.09 bits per heavy atom. The summed E-state index contributed by atoms with van der Waals surface area (Å²) in [5.74, 6) is 0. The van der Waals surface area contributed by atoms with Gasteiger partial charge >= 0.3 is 0 Å². The van der Waals surface area contributed by atoms with Crippen LogP contribution in [0, 0.1) is 13.8 Å². The summed E-state index contributed by atoms with van der Waals surface area (Å²) in [6.45, 7) is 4.10. The summed E-state index contributed by atoms with van der Waals surface area (Å²) in [5.41, 5.74) is 4.61. The Hall–Kier alpha value is -1.31. The molecular formula is C9H12N2. The van der Waals surface area contributed by atoms with E-state index in [0.29, 0.717) is 0 Å². The number of H-pyrrole nitrogens is 1. The van der Waals surface area contributed by atoms with Gasteiger partial charge in [-0.3, -0.25) is 4.98 Å². The first kappa shape index (κ1) is 6.40. The second kappa shape index (κ2) is 2.09. The average molecular weight is 148 g/mol. The highest BCUT2D eigenvalue weighted by atomic mass is 14.8. The van der Waals surface area contributed by atoms with E-state index in [9.17, 15) is 0 Å². The Morgan fingerprint density at radius 2 is 2.27 bits per heavy atom. The zero-order chi connectivity index (χ0) is 7.84. The third kappa shape index (κ3) is 0.909. The van der Waals surface area contributed by atoms with Crippen molar-refractivity contribution in [3.63, 3.8) is 0 Å². The third-order valence-electron chi connectivity index (χ3n) is 1.84. The molecule has 2 heterocycles. The second-order valence-electron chi connectivity index (χ2n) is 2.88. The molecule has 0 aliphatic heterocycles. The normalized spacial score (nSPS) is 10.7. The van der Waals surface area contributed by atoms with Crippen LogP contribution in [0.3, 0.4) is 0 Å². The fourth-order valence-corrected chi connectivity index (χ4v) is 1.25. The van der Waals surface area contributed by atoms with Crippen LogP contribution in [0.1, 0.15) is 12.6 Å². The van der Waals surface area contributed by atoms with Gasteiger partial charge in [-0.05, 0) is 31.0 Å². The van der Waals surface area contributed by atoms with Crippen LogP contribution in [-0.2, 0) is 0 Å². The van der Waals surface area contributed by atoms with Crippen molar-refractivity contribution in [3.8, 4) is 0 Å². The van der Waals surface area contributed by atoms with Crippen LogP contribution in [0.25, 0.3) is 11.0 Å². The van der Waals surface area contributed by atoms with E-state index in [4.69, 9.17) is 0 Å². The van der Waals surface area contributed by atoms with E-state index in [-0.39, 0.29) is 1.43 Å². The van der Waals surface area contributed by atoms with Gasteiger partial charge < -0.3 is 4.98 Å². The molecule has 0 saturated carbocycles. The molecule has 0 radical (unpaired) electrons. The van der Waals surface area contributed by atoms with Crippen molar-refractivity contribution >= 4 is 11.0 Å². The van der Waals surface area contributed by atoms with Gasteiger partial charge in [0.1, 0.15) is 0 Å². The highest BCUT2D eigenvalue weighted by Gasteiger charge is 1.98. The fraction of sp³-hybridized carbons (Fsp3) is 0.222. The van der Waals surface area contributed by atoms with Crippen LogP contribution in [0.4, 0.5) is 0 Å². The molecule has 0 amide bonds. The summed E-state index contributed by atoms with van der Waals surface area (Å²) in [7, 11) is 0. The summed E-state index contributed by atoms with van der Waals surface area (Å²) >= 11 is 0. The molecule has 0 atom stereocenters. The first-order chi connectivity index (χ1) is 5.27. The summed E-state index contributed by atoms with van der Waals surface area (Å²) in [6, 6.07) is 2.11. The van der Waals surface area contributed by atoms with Crippen molar-refractivity contribution in [1.29, 1.82) is 0 Å². The van der Waals surface area contributed by atoms with Crippen molar-refractivity contribution in [3.05, 3.63) is 29.6 Å². The highest BCUT2D eigenvalue weighted by Crippen LogP contribution is 2.14. The van der Waals surface area contributed by atoms with Gasteiger partial charge in [0.25, 0.3) is 0 Å². The summed E-state index contributed by atoms with van der Waals surface area (Å²) < 4.78 is 0. The SMILES string of the molecule is Cc1cnc2c(C)c[nH]c2c1.[HH]. The predicted molar refractivity (Wildman–Crippen MR) is 47.7 cm³/mol. The number of rotatable bonds is 0. The zero-order valence-electron chi connectivity index (χ0n) is 6.68. The van der Waals surface area contributed by atoms with Crippen LogP contribution in [0.2, 0.25) is 0 Å². The topological polar surface area (TPSA) is 28.7 Å². The number of hydrogen-bond donors (Lipinski definition) is 1. The number of nitrogens with zero attached hydrogens (tertiary/aromatic N) is 1. The Kier molecular flexibility index (Phi) is 1.22. The molecule has 1 N–H and O–H groups in total. The maximum atomic E-state index is 4.31. The van der Waals surface area contributed by atoms with E-state index in [1.54, 1.807) is 0 Å². The van der Waals surface area contributed by atoms with Gasteiger partial charge in [0, 0.05) is 13.8 Å². The Balaban J connectivity index is 0.000000720. The standard InChI is InChI=1S/C9H10N2.H2/c1-6-3-8-9(11-4-6)7(2)5-10-8;/h3-5,10H,1-2H3;1H. The maximum Gasteiger partial charge on any atom is 0.0908 e. The summed E-state index contributed by atoms with van der Waals surface area (Å²) in [5, 5.41) is 0. The first-order valence-electron chi connectivity index (χ1n) is 3.68. The minimum Gasteiger partial charge on any atom is -0.360 e. The van der Waals surface area contributed by atoms with Gasteiger partial charge in [0.15, 0.2) is 0 Å². The van der Waals surface area contributed by atoms with E-state index in [1.165, 1.54) is 11.1 Å². The summed E-state index contributed by atoms with van der Waals surface area (Å²) in [4.78, 5) is 7.48. The first-order valence-corrected chi connectivity index (χ1v) is 3.68. The number of aryl methyl sites for hydroxylation is 2. The van der Waals surface area contributed by atoms with Crippen LogP contribution < -0.4 is 0 Å². The Bertz CT molecular complexity index is 392. The highest BCUT2D eigenvalue weighted by molar-refractivity contribution is 5.78. The molecule has 0 spiro atoms. The molecule has 0 saturated heterocycles. The molecular weight excluding hydrogens is 136 g/mol. The number of fused-ring (bicyclic) bond motifs is 1. The zero-order valence-corrected chi connectivity index (χ0v) is 6.68. The van der Waals surface area contributed by atoms with E-state index < -0.39 is 0 Å². The largest absolute Gasteiger partial charge is 0.360 e. The van der Waals surface area contributed by atoms with Gasteiger partial charge in [-0.15, -0.1) is 0 Å². The van der Waals surface area contributed by atoms with Crippen LogP contribution >= 0.6 is 0 Å². The number of aromatic nitrogens is 2. The smallest absolute Gasteiger partial charge is 0.0908 e. The molecule has 2 aromatic heterocycles. The molecule has 2 rings (SSSR count). The van der Waals surface area contributed by atoms with Crippen molar-refractivity contribution < 1.29 is 1.43 Å². The minimum absolute atomic E-state index is 0. The average Bonchev–Trinajstić information content (AvgIpc) is 2.32. The molecule has 0 aliphatic carbocycles. The second-order valence-corrected chi connectivity index (χ2v) is 2.88. The molecule has 0 unspecified atom stereocenters. The monoisotopic (exact) mass is 148 g/mol. The van der Waals surface area contributed by atoms with Crippen LogP contribution in [-0.4, -0.2) is 9.97 Å². The van der Waals surface area contributed by atoms with E-state index in [1.807, 2.05) is 19.3 Å². The molecule has 2 nitrogen and oxygen atoms in total. The van der Waals surface area contributed by atoms with E-state index in [2.05, 4.69) is 23.0 Å². The molecule has 0 aromatic carbocycles. The molecule has 0 bridgehead atoms. The van der Waals surface area contributed by atoms with Gasteiger partial charge in [-0.2, -0.15) is 0 Å². The Morgan fingerprint density at radius 1 is 1.45 bits per heavy atom. The molecule has 0 aliphatic rings. The number of hydrogen-bond acceptors (Lipinski definition) is 1. The van der Waals surface area contributed by atoms with Crippen molar-refractivity contribution in [2.24, 2.45) is 0 Å². The lowest BCUT2D eigenvalue weighted by molar-refractivity contribution is 1.32. The van der Waals surface area contributed by atoms with Gasteiger partial charge in [-0.1, -0.05) is 0 Å². The molecule has 2 heteroatoms. The number of nitrogens with one attached hydrogen (secondary N) is 1. The van der Waals surface area contributed by atoms with E-state index >= 15 is 0 Å². The van der Waals surface area contributed by atoms with Gasteiger partial charge in [-0.25, -0.2) is 0 Å². The Labute approximate surface area is 66.8 Å². The van der Waals surface area contributed by atoms with Gasteiger partial charge in [0.05, 0.1) is 11.0 Å². The molecule has 58 valence electrons. The maximum absolute atomic E-state index is 4.31. The van der Waals surface area contributed by atoms with Gasteiger partial charge in [0.2, 0.25) is 0 Å². The quantitative estimate of drug-likeness (QED) is 0.610. The summed E-state index contributed by atoms with van der Waals surface area (Å²) in [6.07, 6.45) is 3.88. The third-order valence-corrected chi connectivity index (χ3v) is 1.84. The molecule has 2 aromatic rings. The van der Waals surface area contributed by atoms with Crippen molar-refractivity contribution in [2.45, 2.75) is 13.8 Å².